The van der Waals surface area contributed by atoms with Crippen molar-refractivity contribution in [2.24, 2.45) is 5.41 Å². The normalized spacial score (nSPS) is 21.5. The molecule has 0 aromatic heterocycles. The molecule has 2 aliphatic rings. The minimum absolute atomic E-state index is 0.139. The highest BCUT2D eigenvalue weighted by Gasteiger charge is 2.43. The van der Waals surface area contributed by atoms with Crippen molar-refractivity contribution in [3.8, 4) is 0 Å². The summed E-state index contributed by atoms with van der Waals surface area (Å²) in [6.45, 7) is 1.10. The Morgan fingerprint density at radius 1 is 1.29 bits per heavy atom. The molecule has 17 heavy (non-hydrogen) atoms. The molecule has 0 unspecified atom stereocenters. The van der Waals surface area contributed by atoms with Crippen LogP contribution >= 0.6 is 15.9 Å². The van der Waals surface area contributed by atoms with Crippen LogP contribution in [0.25, 0.3) is 0 Å². The van der Waals surface area contributed by atoms with Gasteiger partial charge in [-0.25, -0.2) is 4.39 Å². The van der Waals surface area contributed by atoms with Crippen molar-refractivity contribution >= 4 is 15.9 Å². The van der Waals surface area contributed by atoms with Crippen molar-refractivity contribution in [3.63, 3.8) is 0 Å². The zero-order chi connectivity index (χ0) is 11.9. The predicted octanol–water partition coefficient (Wildman–Crippen LogP) is 3.66. The van der Waals surface area contributed by atoms with E-state index in [-0.39, 0.29) is 5.82 Å². The molecule has 3 rings (SSSR count). The van der Waals surface area contributed by atoms with E-state index in [0.717, 1.165) is 29.0 Å². The molecule has 0 saturated heterocycles. The van der Waals surface area contributed by atoms with E-state index in [1.807, 2.05) is 6.07 Å². The van der Waals surface area contributed by atoms with Gasteiger partial charge in [0.25, 0.3) is 0 Å². The molecule has 2 fully saturated rings. The molecule has 0 radical (unpaired) electrons. The fourth-order valence-corrected chi connectivity index (χ4v) is 2.90. The molecule has 0 spiro atoms. The average Bonchev–Trinajstić information content (AvgIpc) is 3.09. The fraction of sp³-hybridized carbons (Fsp3) is 0.571. The van der Waals surface area contributed by atoms with Crippen LogP contribution < -0.4 is 5.32 Å². The monoisotopic (exact) mass is 297 g/mol. The van der Waals surface area contributed by atoms with Gasteiger partial charge in [-0.1, -0.05) is 15.9 Å². The van der Waals surface area contributed by atoms with Crippen molar-refractivity contribution in [3.05, 3.63) is 34.1 Å². The lowest BCUT2D eigenvalue weighted by Crippen LogP contribution is -2.27. The summed E-state index contributed by atoms with van der Waals surface area (Å²) in [4.78, 5) is 0. The summed E-state index contributed by atoms with van der Waals surface area (Å²) in [5.41, 5.74) is 1.53. The van der Waals surface area contributed by atoms with E-state index < -0.39 is 0 Å². The molecule has 0 heterocycles. The Hall–Kier alpha value is -0.410. The van der Waals surface area contributed by atoms with Crippen LogP contribution in [0.3, 0.4) is 0 Å². The molecule has 1 N–H and O–H groups in total. The second-order valence-corrected chi connectivity index (χ2v) is 6.53. The highest BCUT2D eigenvalue weighted by Crippen LogP contribution is 2.48. The average molecular weight is 298 g/mol. The van der Waals surface area contributed by atoms with Crippen LogP contribution in [0.4, 0.5) is 4.39 Å². The van der Waals surface area contributed by atoms with E-state index in [0.29, 0.717) is 5.41 Å². The molecule has 0 bridgehead atoms. The van der Waals surface area contributed by atoms with Gasteiger partial charge in [-0.05, 0) is 61.3 Å². The Morgan fingerprint density at radius 3 is 2.65 bits per heavy atom. The second kappa shape index (κ2) is 4.36. The Morgan fingerprint density at radius 2 is 2.06 bits per heavy atom. The molecule has 92 valence electrons. The van der Waals surface area contributed by atoms with E-state index in [2.05, 4.69) is 21.2 Å². The van der Waals surface area contributed by atoms with E-state index in [1.165, 1.54) is 31.7 Å². The van der Waals surface area contributed by atoms with Gasteiger partial charge in [0.15, 0.2) is 0 Å². The van der Waals surface area contributed by atoms with Crippen LogP contribution in [-0.2, 0) is 6.42 Å². The summed E-state index contributed by atoms with van der Waals surface area (Å²) in [6.07, 6.45) is 6.23. The maximum atomic E-state index is 13.3. The van der Waals surface area contributed by atoms with Crippen molar-refractivity contribution < 1.29 is 4.39 Å². The lowest BCUT2D eigenvalue weighted by molar-refractivity contribution is 0.452. The number of benzene rings is 1. The minimum Gasteiger partial charge on any atom is -0.313 e. The molecule has 0 aliphatic heterocycles. The van der Waals surface area contributed by atoms with E-state index in [1.54, 1.807) is 6.07 Å². The highest BCUT2D eigenvalue weighted by atomic mass is 79.9. The van der Waals surface area contributed by atoms with Crippen LogP contribution in [0.2, 0.25) is 0 Å². The van der Waals surface area contributed by atoms with E-state index in [4.69, 9.17) is 0 Å². The predicted molar refractivity (Wildman–Crippen MR) is 70.5 cm³/mol. The molecular weight excluding hydrogens is 281 g/mol. The van der Waals surface area contributed by atoms with Gasteiger partial charge in [0.05, 0.1) is 0 Å². The lowest BCUT2D eigenvalue weighted by Gasteiger charge is -2.16. The van der Waals surface area contributed by atoms with Gasteiger partial charge in [-0.2, -0.15) is 0 Å². The minimum atomic E-state index is -0.139. The van der Waals surface area contributed by atoms with Gasteiger partial charge in [0, 0.05) is 17.1 Å². The molecule has 1 aromatic carbocycles. The number of hydrogen-bond acceptors (Lipinski definition) is 1. The van der Waals surface area contributed by atoms with Crippen molar-refractivity contribution in [2.45, 2.75) is 38.1 Å². The first-order chi connectivity index (χ1) is 8.15. The van der Waals surface area contributed by atoms with Crippen LogP contribution in [0.1, 0.15) is 31.2 Å². The summed E-state index contributed by atoms with van der Waals surface area (Å²) in [6, 6.07) is 6.00. The van der Waals surface area contributed by atoms with Gasteiger partial charge >= 0.3 is 0 Å². The summed E-state index contributed by atoms with van der Waals surface area (Å²) < 4.78 is 14.1. The molecule has 0 amide bonds. The first kappa shape index (κ1) is 11.7. The number of hydrogen-bond donors (Lipinski definition) is 1. The zero-order valence-electron chi connectivity index (χ0n) is 9.81. The second-order valence-electron chi connectivity index (χ2n) is 5.61. The highest BCUT2D eigenvalue weighted by molar-refractivity contribution is 9.10. The first-order valence-corrected chi connectivity index (χ1v) is 7.13. The van der Waals surface area contributed by atoms with Gasteiger partial charge in [-0.3, -0.25) is 0 Å². The Kier molecular flexibility index (Phi) is 2.99. The number of rotatable bonds is 5. The fourth-order valence-electron chi connectivity index (χ4n) is 2.39. The van der Waals surface area contributed by atoms with Crippen LogP contribution in [0.15, 0.2) is 22.7 Å². The topological polar surface area (TPSA) is 12.0 Å². The SMILES string of the molecule is Fc1cc(Br)cc(CC2(CNC3CC3)CC2)c1. The molecule has 2 aliphatic carbocycles. The third-order valence-corrected chi connectivity index (χ3v) is 4.26. The standard InChI is InChI=1S/C14H17BrFN/c15-11-5-10(6-12(16)7-11)8-14(3-4-14)9-17-13-1-2-13/h5-7,13,17H,1-4,8-9H2. The van der Waals surface area contributed by atoms with Gasteiger partial charge in [0.1, 0.15) is 5.82 Å². The third kappa shape index (κ3) is 3.08. The Bertz CT molecular complexity index is 404. The van der Waals surface area contributed by atoms with Crippen LogP contribution in [0, 0.1) is 11.2 Å². The maximum absolute atomic E-state index is 13.3. The molecule has 1 nitrogen and oxygen atoms in total. The summed E-state index contributed by atoms with van der Waals surface area (Å²) in [7, 11) is 0. The Balaban J connectivity index is 1.64. The van der Waals surface area contributed by atoms with Crippen molar-refractivity contribution in [1.29, 1.82) is 0 Å². The zero-order valence-corrected chi connectivity index (χ0v) is 11.4. The summed E-state index contributed by atoms with van der Waals surface area (Å²) in [5.74, 6) is -0.139. The van der Waals surface area contributed by atoms with Gasteiger partial charge in [-0.15, -0.1) is 0 Å². The maximum Gasteiger partial charge on any atom is 0.124 e. The van der Waals surface area contributed by atoms with Crippen molar-refractivity contribution in [1.82, 2.24) is 5.32 Å². The molecule has 1 aromatic rings. The van der Waals surface area contributed by atoms with Crippen molar-refractivity contribution in [2.75, 3.05) is 6.54 Å². The molecule has 0 atom stereocenters. The number of nitrogens with one attached hydrogen (secondary N) is 1. The quantitative estimate of drug-likeness (QED) is 0.874. The van der Waals surface area contributed by atoms with Crippen LogP contribution in [0.5, 0.6) is 0 Å². The van der Waals surface area contributed by atoms with E-state index in [9.17, 15) is 4.39 Å². The van der Waals surface area contributed by atoms with E-state index >= 15 is 0 Å². The Labute approximate surface area is 110 Å². The largest absolute Gasteiger partial charge is 0.313 e. The molecular formula is C14H17BrFN. The van der Waals surface area contributed by atoms with Crippen LogP contribution in [-0.4, -0.2) is 12.6 Å². The number of halogens is 2. The summed E-state index contributed by atoms with van der Waals surface area (Å²) in [5, 5.41) is 3.60. The molecule has 3 heteroatoms. The smallest absolute Gasteiger partial charge is 0.124 e. The summed E-state index contributed by atoms with van der Waals surface area (Å²) >= 11 is 3.36. The molecule has 2 saturated carbocycles. The van der Waals surface area contributed by atoms with Gasteiger partial charge in [0.2, 0.25) is 0 Å². The first-order valence-electron chi connectivity index (χ1n) is 6.34. The lowest BCUT2D eigenvalue weighted by atomic mass is 9.96. The van der Waals surface area contributed by atoms with Gasteiger partial charge < -0.3 is 5.32 Å². The third-order valence-electron chi connectivity index (χ3n) is 3.80.